The number of hydrogen-bond acceptors (Lipinski definition) is 13. The van der Waals surface area contributed by atoms with Crippen molar-refractivity contribution in [2.24, 2.45) is 11.7 Å². The second-order valence-corrected chi connectivity index (χ2v) is 17.1. The first-order valence-corrected chi connectivity index (χ1v) is 22.2. The van der Waals surface area contributed by atoms with Gasteiger partial charge in [0.2, 0.25) is 17.8 Å². The van der Waals surface area contributed by atoms with Crippen LogP contribution in [-0.2, 0) is 35.7 Å². The zero-order valence-corrected chi connectivity index (χ0v) is 39.4. The smallest absolute Gasteiger partial charge is 0.410 e. The minimum absolute atomic E-state index is 0.0301. The van der Waals surface area contributed by atoms with E-state index in [1.807, 2.05) is 46.8 Å². The number of aryl methyl sites for hydroxylation is 4. The summed E-state index contributed by atoms with van der Waals surface area (Å²) in [6.45, 7) is 15.0. The van der Waals surface area contributed by atoms with Crippen LogP contribution in [0, 0.1) is 31.6 Å². The second kappa shape index (κ2) is 20.2. The summed E-state index contributed by atoms with van der Waals surface area (Å²) < 4.78 is 23.3. The van der Waals surface area contributed by atoms with E-state index in [1.54, 1.807) is 49.4 Å². The molecule has 6 heterocycles. The van der Waals surface area contributed by atoms with E-state index in [1.165, 1.54) is 31.5 Å². The molecule has 0 atom stereocenters. The highest BCUT2D eigenvalue weighted by molar-refractivity contribution is 6.05. The number of anilines is 2. The average Bonchev–Trinajstić information content (AvgIpc) is 4.07. The van der Waals surface area contributed by atoms with Crippen molar-refractivity contribution in [3.05, 3.63) is 82.6 Å². The molecule has 1 aliphatic heterocycles. The maximum Gasteiger partial charge on any atom is 0.410 e. The van der Waals surface area contributed by atoms with Gasteiger partial charge in [-0.3, -0.25) is 38.9 Å². The maximum atomic E-state index is 13.9. The Balaban J connectivity index is 1.20. The third-order valence-corrected chi connectivity index (χ3v) is 10.9. The van der Waals surface area contributed by atoms with Crippen LogP contribution in [0.4, 0.5) is 16.7 Å². The Labute approximate surface area is 392 Å². The number of allylic oxidation sites excluding steroid dienone is 2. The quantitative estimate of drug-likeness (QED) is 0.0694. The molecule has 6 aromatic rings. The molecule has 4 N–H and O–H groups in total. The summed E-state index contributed by atoms with van der Waals surface area (Å²) in [7, 11) is 1.27. The predicted octanol–water partition coefficient (Wildman–Crippen LogP) is 5.51. The lowest BCUT2D eigenvalue weighted by atomic mass is 9.98. The first-order valence-electron chi connectivity index (χ1n) is 22.2. The van der Waals surface area contributed by atoms with E-state index in [0.717, 1.165) is 0 Å². The Kier molecular flexibility index (Phi) is 14.3. The molecule has 0 unspecified atom stereocenters. The van der Waals surface area contributed by atoms with Gasteiger partial charge in [0.25, 0.3) is 11.8 Å². The molecule has 0 radical (unpaired) electrons. The number of rotatable bonds is 14. The zero-order valence-electron chi connectivity index (χ0n) is 39.4. The van der Waals surface area contributed by atoms with Gasteiger partial charge in [-0.05, 0) is 91.6 Å². The molecule has 0 saturated carbocycles. The minimum Gasteiger partial charge on any atom is -0.479 e. The molecule has 1 aliphatic rings. The van der Waals surface area contributed by atoms with Crippen LogP contribution in [0.5, 0.6) is 5.75 Å². The highest BCUT2D eigenvalue weighted by atomic mass is 16.6. The van der Waals surface area contributed by atoms with Gasteiger partial charge in [-0.2, -0.15) is 10.2 Å². The summed E-state index contributed by atoms with van der Waals surface area (Å²) in [6, 6.07) is 7.93. The fourth-order valence-electron chi connectivity index (χ4n) is 7.73. The molecule has 4 amide bonds. The van der Waals surface area contributed by atoms with Crippen LogP contribution in [0.3, 0.4) is 0 Å². The topological polar surface area (TPSA) is 251 Å². The number of piperidine rings is 1. The van der Waals surface area contributed by atoms with Crippen LogP contribution in [0.2, 0.25) is 0 Å². The van der Waals surface area contributed by atoms with Crippen molar-refractivity contribution in [1.29, 1.82) is 0 Å². The van der Waals surface area contributed by atoms with Gasteiger partial charge in [-0.25, -0.2) is 24.5 Å². The molecule has 7 rings (SSSR count). The van der Waals surface area contributed by atoms with Crippen molar-refractivity contribution >= 4 is 63.9 Å². The van der Waals surface area contributed by atoms with Crippen LogP contribution < -0.4 is 21.1 Å². The Morgan fingerprint density at radius 2 is 1.40 bits per heavy atom. The number of carbonyl (C=O) groups excluding carboxylic acids is 5. The number of amides is 4. The molecule has 1 fully saturated rings. The van der Waals surface area contributed by atoms with Gasteiger partial charge in [0, 0.05) is 56.9 Å². The Hall–Kier alpha value is -8.02. The van der Waals surface area contributed by atoms with Gasteiger partial charge in [-0.1, -0.05) is 24.0 Å². The number of ether oxygens (including phenoxy) is 3. The van der Waals surface area contributed by atoms with E-state index >= 15 is 0 Å². The van der Waals surface area contributed by atoms with E-state index in [4.69, 9.17) is 24.9 Å². The average molecular weight is 930 g/mol. The minimum atomic E-state index is -0.709. The van der Waals surface area contributed by atoms with Crippen molar-refractivity contribution in [1.82, 2.24) is 48.5 Å². The van der Waals surface area contributed by atoms with Gasteiger partial charge >= 0.3 is 12.1 Å². The third kappa shape index (κ3) is 10.8. The maximum absolute atomic E-state index is 13.9. The summed E-state index contributed by atoms with van der Waals surface area (Å²) in [5.41, 5.74) is 8.99. The number of hydrogen-bond donors (Lipinski definition) is 3. The van der Waals surface area contributed by atoms with E-state index in [0.29, 0.717) is 84.0 Å². The summed E-state index contributed by atoms with van der Waals surface area (Å²) in [6.07, 6.45) is 6.01. The molecule has 0 bridgehead atoms. The number of carbonyl (C=O) groups is 5. The lowest BCUT2D eigenvalue weighted by molar-refractivity contribution is 0.0199. The SMILES string of the molecule is CCn1nc(C)cc1C(=O)Nc1nc2cc(C(=O)OC)cnc2n1C/C=C/Cn1c(NC(=O)c2cc(C)nn2CC)nc2cc(C(N)=O)cc(OCC#CC3CCN(C(=O)OC(C)(C)C)CC3)c21. The Morgan fingerprint density at radius 1 is 0.824 bits per heavy atom. The molecule has 0 spiro atoms. The van der Waals surface area contributed by atoms with Gasteiger partial charge in [0.15, 0.2) is 5.65 Å². The molecular weight excluding hydrogens is 875 g/mol. The molecule has 356 valence electrons. The van der Waals surface area contributed by atoms with Gasteiger partial charge < -0.3 is 29.4 Å². The summed E-state index contributed by atoms with van der Waals surface area (Å²) in [4.78, 5) is 80.7. The van der Waals surface area contributed by atoms with Crippen LogP contribution in [0.25, 0.3) is 22.2 Å². The monoisotopic (exact) mass is 929 g/mol. The summed E-state index contributed by atoms with van der Waals surface area (Å²) in [5.74, 6) is 4.75. The molecule has 1 saturated heterocycles. The summed E-state index contributed by atoms with van der Waals surface area (Å²) in [5, 5.41) is 14.6. The van der Waals surface area contributed by atoms with Crippen molar-refractivity contribution in [3.8, 4) is 17.6 Å². The third-order valence-electron chi connectivity index (χ3n) is 10.9. The standard InChI is InChI=1S/C47H55N13O8/c1-9-59-35(22-28(3)54-59)41(62)52-44-50-33-24-31(39(48)61)26-37(67-21-13-14-30-15-19-56(20-16-30)46(65)68-47(5,6)7)38(33)57(44)17-11-12-18-58-40-34(25-32(27-49-40)43(64)66-8)51-45(58)53-42(63)36-23-29(4)55-60(36)10-2/h11-12,22-27,30H,9-10,15-21H2,1-8H3,(H2,48,61)(H,50,52,62)(H,51,53,63)/b12-11+. The van der Waals surface area contributed by atoms with E-state index in [9.17, 15) is 24.0 Å². The first kappa shape index (κ1) is 47.9. The molecule has 68 heavy (non-hydrogen) atoms. The largest absolute Gasteiger partial charge is 0.479 e. The lowest BCUT2D eigenvalue weighted by Crippen LogP contribution is -2.41. The van der Waals surface area contributed by atoms with Crippen molar-refractivity contribution in [2.75, 3.05) is 37.4 Å². The van der Waals surface area contributed by atoms with Gasteiger partial charge in [0.05, 0.1) is 29.6 Å². The number of likely N-dealkylation sites (tertiary alicyclic amines) is 1. The fraction of sp³-hybridized carbons (Fsp3) is 0.404. The molecule has 5 aromatic heterocycles. The van der Waals surface area contributed by atoms with Crippen LogP contribution in [0.1, 0.15) is 101 Å². The number of nitrogens with one attached hydrogen (secondary N) is 2. The number of methoxy groups -OCH3 is 1. The number of pyridine rings is 1. The molecule has 21 nitrogen and oxygen atoms in total. The van der Waals surface area contributed by atoms with Crippen molar-refractivity contribution in [2.45, 2.75) is 93.1 Å². The number of nitrogens with zero attached hydrogens (tertiary/aromatic N) is 10. The molecule has 1 aromatic carbocycles. The molecule has 21 heteroatoms. The zero-order chi connectivity index (χ0) is 48.9. The normalized spacial score (nSPS) is 13.1. The second-order valence-electron chi connectivity index (χ2n) is 17.1. The van der Waals surface area contributed by atoms with Crippen LogP contribution in [0.15, 0.2) is 48.7 Å². The number of benzene rings is 1. The Bertz CT molecular complexity index is 3000. The highest BCUT2D eigenvalue weighted by Gasteiger charge is 2.27. The highest BCUT2D eigenvalue weighted by Crippen LogP contribution is 2.32. The molecular formula is C47H55N13O8. The Morgan fingerprint density at radius 3 is 1.97 bits per heavy atom. The van der Waals surface area contributed by atoms with Crippen LogP contribution in [-0.4, -0.2) is 111 Å². The number of aromatic nitrogens is 9. The first-order chi connectivity index (χ1) is 32.5. The van der Waals surface area contributed by atoms with Gasteiger partial charge in [0.1, 0.15) is 40.4 Å². The lowest BCUT2D eigenvalue weighted by Gasteiger charge is -2.31. The number of primary amides is 1. The van der Waals surface area contributed by atoms with Crippen molar-refractivity contribution in [3.63, 3.8) is 0 Å². The van der Waals surface area contributed by atoms with Crippen molar-refractivity contribution < 1.29 is 38.2 Å². The van der Waals surface area contributed by atoms with Gasteiger partial charge in [-0.15, -0.1) is 0 Å². The predicted molar refractivity (Wildman–Crippen MR) is 251 cm³/mol. The molecule has 0 aliphatic carbocycles. The number of esters is 1. The van der Waals surface area contributed by atoms with E-state index < -0.39 is 29.3 Å². The fourth-order valence-corrected chi connectivity index (χ4v) is 7.73. The van der Waals surface area contributed by atoms with E-state index in [2.05, 4.69) is 42.6 Å². The number of imidazole rings is 2. The number of fused-ring (bicyclic) bond motifs is 2. The van der Waals surface area contributed by atoms with E-state index in [-0.39, 0.29) is 60.5 Å². The van der Waals surface area contributed by atoms with Crippen LogP contribution >= 0.6 is 0 Å². The number of nitrogens with two attached hydrogens (primary N) is 1. The summed E-state index contributed by atoms with van der Waals surface area (Å²) >= 11 is 0.